The second-order valence-electron chi connectivity index (χ2n) is 7.13. The van der Waals surface area contributed by atoms with E-state index in [9.17, 15) is 0 Å². The summed E-state index contributed by atoms with van der Waals surface area (Å²) >= 11 is 0. The third kappa shape index (κ3) is 2.37. The van der Waals surface area contributed by atoms with Crippen LogP contribution in [-0.4, -0.2) is 17.8 Å². The fraction of sp³-hybridized carbons (Fsp3) is 0.381. The SMILES string of the molecule is CC(C)c1ccc([C@H]2[C@H]3CCc4ccccc4C3=NN2C)cc1. The number of hydrogen-bond donors (Lipinski definition) is 0. The third-order valence-corrected chi connectivity index (χ3v) is 5.36. The van der Waals surface area contributed by atoms with Crippen LogP contribution in [-0.2, 0) is 6.42 Å². The molecular formula is C21H24N2. The summed E-state index contributed by atoms with van der Waals surface area (Å²) in [5, 5.41) is 7.09. The van der Waals surface area contributed by atoms with Crippen molar-refractivity contribution in [3.05, 3.63) is 70.8 Å². The van der Waals surface area contributed by atoms with Gasteiger partial charge in [0.1, 0.15) is 0 Å². The zero-order chi connectivity index (χ0) is 16.0. The van der Waals surface area contributed by atoms with E-state index >= 15 is 0 Å². The van der Waals surface area contributed by atoms with Gasteiger partial charge in [-0.1, -0.05) is 62.4 Å². The number of fused-ring (bicyclic) bond motifs is 3. The summed E-state index contributed by atoms with van der Waals surface area (Å²) in [4.78, 5) is 0. The second-order valence-corrected chi connectivity index (χ2v) is 7.13. The Morgan fingerprint density at radius 3 is 2.52 bits per heavy atom. The normalized spacial score (nSPS) is 22.8. The van der Waals surface area contributed by atoms with Crippen LogP contribution in [0.3, 0.4) is 0 Å². The minimum absolute atomic E-state index is 0.375. The Hall–Kier alpha value is -2.09. The highest BCUT2D eigenvalue weighted by Gasteiger charge is 2.39. The van der Waals surface area contributed by atoms with Crippen molar-refractivity contribution in [1.82, 2.24) is 5.01 Å². The lowest BCUT2D eigenvalue weighted by Gasteiger charge is -2.29. The smallest absolute Gasteiger partial charge is 0.0801 e. The molecular weight excluding hydrogens is 280 g/mol. The molecule has 0 bridgehead atoms. The van der Waals surface area contributed by atoms with Crippen molar-refractivity contribution in [2.45, 2.75) is 38.6 Å². The van der Waals surface area contributed by atoms with Gasteiger partial charge in [-0.05, 0) is 35.4 Å². The maximum Gasteiger partial charge on any atom is 0.0801 e. The van der Waals surface area contributed by atoms with Gasteiger partial charge in [-0.2, -0.15) is 5.10 Å². The summed E-state index contributed by atoms with van der Waals surface area (Å²) in [6, 6.07) is 18.3. The van der Waals surface area contributed by atoms with Crippen LogP contribution >= 0.6 is 0 Å². The highest BCUT2D eigenvalue weighted by molar-refractivity contribution is 6.05. The van der Waals surface area contributed by atoms with Gasteiger partial charge in [0, 0.05) is 18.5 Å². The Bertz CT molecular complexity index is 743. The van der Waals surface area contributed by atoms with E-state index in [-0.39, 0.29) is 0 Å². The predicted octanol–water partition coefficient (Wildman–Crippen LogP) is 4.76. The summed E-state index contributed by atoms with van der Waals surface area (Å²) in [6.45, 7) is 4.49. The molecule has 1 heterocycles. The van der Waals surface area contributed by atoms with Crippen LogP contribution in [0.15, 0.2) is 53.6 Å². The van der Waals surface area contributed by atoms with Gasteiger partial charge < -0.3 is 0 Å². The molecule has 1 aliphatic carbocycles. The first kappa shape index (κ1) is 14.5. The first-order valence-electron chi connectivity index (χ1n) is 8.64. The number of hydrogen-bond acceptors (Lipinski definition) is 2. The number of rotatable bonds is 2. The van der Waals surface area contributed by atoms with Crippen molar-refractivity contribution in [2.75, 3.05) is 7.05 Å². The van der Waals surface area contributed by atoms with E-state index in [1.54, 1.807) is 0 Å². The quantitative estimate of drug-likeness (QED) is 0.781. The molecule has 2 aromatic rings. The van der Waals surface area contributed by atoms with Gasteiger partial charge in [-0.25, -0.2) is 0 Å². The van der Waals surface area contributed by atoms with E-state index in [1.165, 1.54) is 34.4 Å². The lowest BCUT2D eigenvalue weighted by molar-refractivity contribution is 0.244. The zero-order valence-corrected chi connectivity index (χ0v) is 14.2. The Morgan fingerprint density at radius 1 is 1.04 bits per heavy atom. The van der Waals surface area contributed by atoms with Crippen LogP contribution in [0.4, 0.5) is 0 Å². The first-order chi connectivity index (χ1) is 11.1. The van der Waals surface area contributed by atoms with Crippen molar-refractivity contribution in [1.29, 1.82) is 0 Å². The van der Waals surface area contributed by atoms with E-state index < -0.39 is 0 Å². The van der Waals surface area contributed by atoms with Crippen molar-refractivity contribution in [3.8, 4) is 0 Å². The molecule has 2 heteroatoms. The number of nitrogens with zero attached hydrogens (tertiary/aromatic N) is 2. The Labute approximate surface area is 138 Å². The van der Waals surface area contributed by atoms with Crippen LogP contribution in [0.2, 0.25) is 0 Å². The predicted molar refractivity (Wildman–Crippen MR) is 95.8 cm³/mol. The lowest BCUT2D eigenvalue weighted by atomic mass is 9.77. The summed E-state index contributed by atoms with van der Waals surface area (Å²) < 4.78 is 0. The summed E-state index contributed by atoms with van der Waals surface area (Å²) in [7, 11) is 2.12. The van der Waals surface area contributed by atoms with E-state index in [0.717, 1.165) is 6.42 Å². The Balaban J connectivity index is 1.68. The molecule has 2 aromatic carbocycles. The van der Waals surface area contributed by atoms with Gasteiger partial charge in [0.25, 0.3) is 0 Å². The average molecular weight is 304 g/mol. The molecule has 1 aliphatic heterocycles. The maximum absolute atomic E-state index is 4.92. The van der Waals surface area contributed by atoms with Gasteiger partial charge in [0.2, 0.25) is 0 Å². The monoisotopic (exact) mass is 304 g/mol. The highest BCUT2D eigenvalue weighted by Crippen LogP contribution is 2.42. The third-order valence-electron chi connectivity index (χ3n) is 5.36. The van der Waals surface area contributed by atoms with Crippen molar-refractivity contribution in [2.24, 2.45) is 11.0 Å². The zero-order valence-electron chi connectivity index (χ0n) is 14.2. The van der Waals surface area contributed by atoms with Gasteiger partial charge in [-0.3, -0.25) is 5.01 Å². The second kappa shape index (κ2) is 5.52. The molecule has 0 spiro atoms. The fourth-order valence-electron chi connectivity index (χ4n) is 4.09. The van der Waals surface area contributed by atoms with E-state index in [2.05, 4.69) is 74.4 Å². The molecule has 0 fully saturated rings. The van der Waals surface area contributed by atoms with Crippen molar-refractivity contribution in [3.63, 3.8) is 0 Å². The largest absolute Gasteiger partial charge is 0.292 e. The molecule has 0 saturated heterocycles. The standard InChI is InChI=1S/C21H24N2/c1-14(2)15-8-10-17(11-9-15)21-19-13-12-16-6-4-5-7-18(16)20(19)22-23(21)3/h4-11,14,19,21H,12-13H2,1-3H3/t19-,21-/m0/s1. The summed E-state index contributed by atoms with van der Waals surface area (Å²) in [6.07, 6.45) is 2.35. The molecule has 2 nitrogen and oxygen atoms in total. The molecule has 118 valence electrons. The van der Waals surface area contributed by atoms with Crippen molar-refractivity contribution < 1.29 is 0 Å². The fourth-order valence-corrected chi connectivity index (χ4v) is 4.09. The molecule has 2 atom stereocenters. The number of benzene rings is 2. The molecule has 2 aliphatic rings. The lowest BCUT2D eigenvalue weighted by Crippen LogP contribution is -2.27. The summed E-state index contributed by atoms with van der Waals surface area (Å²) in [5.74, 6) is 1.10. The van der Waals surface area contributed by atoms with Crippen LogP contribution in [0, 0.1) is 5.92 Å². The van der Waals surface area contributed by atoms with Gasteiger partial charge in [0.15, 0.2) is 0 Å². The van der Waals surface area contributed by atoms with E-state index in [4.69, 9.17) is 5.10 Å². The molecule has 0 aromatic heterocycles. The van der Waals surface area contributed by atoms with Crippen LogP contribution in [0.5, 0.6) is 0 Å². The van der Waals surface area contributed by atoms with Gasteiger partial charge >= 0.3 is 0 Å². The molecule has 0 radical (unpaired) electrons. The topological polar surface area (TPSA) is 15.6 Å². The van der Waals surface area contributed by atoms with Gasteiger partial charge in [0.05, 0.1) is 11.8 Å². The van der Waals surface area contributed by atoms with Crippen LogP contribution in [0.1, 0.15) is 54.5 Å². The van der Waals surface area contributed by atoms with Crippen molar-refractivity contribution >= 4 is 5.71 Å². The molecule has 23 heavy (non-hydrogen) atoms. The Kier molecular flexibility index (Phi) is 3.48. The van der Waals surface area contributed by atoms with E-state index in [0.29, 0.717) is 17.9 Å². The number of aryl methyl sites for hydroxylation is 1. The first-order valence-corrected chi connectivity index (χ1v) is 8.64. The Morgan fingerprint density at radius 2 is 1.78 bits per heavy atom. The van der Waals surface area contributed by atoms with Crippen LogP contribution < -0.4 is 0 Å². The minimum atomic E-state index is 0.375. The van der Waals surface area contributed by atoms with Gasteiger partial charge in [-0.15, -0.1) is 0 Å². The minimum Gasteiger partial charge on any atom is -0.292 e. The average Bonchev–Trinajstić information content (AvgIpc) is 2.91. The number of hydrazone groups is 1. The molecule has 0 saturated carbocycles. The molecule has 0 amide bonds. The van der Waals surface area contributed by atoms with E-state index in [1.807, 2.05) is 0 Å². The molecule has 4 rings (SSSR count). The maximum atomic E-state index is 4.92. The highest BCUT2D eigenvalue weighted by atomic mass is 15.5. The molecule has 0 unspecified atom stereocenters. The molecule has 0 N–H and O–H groups in total. The van der Waals surface area contributed by atoms with Crippen LogP contribution in [0.25, 0.3) is 0 Å². The summed E-state index contributed by atoms with van der Waals surface area (Å²) in [5.41, 5.74) is 6.89.